The molecule has 13 heavy (non-hydrogen) atoms. The van der Waals surface area contributed by atoms with E-state index < -0.39 is 0 Å². The third kappa shape index (κ3) is 3.61. The fourth-order valence-electron chi connectivity index (χ4n) is 1.13. The lowest BCUT2D eigenvalue weighted by molar-refractivity contribution is 0.727. The molecule has 0 amide bonds. The molecule has 0 aliphatic carbocycles. The summed E-state index contributed by atoms with van der Waals surface area (Å²) in [7, 11) is 1.99. The molecular formula is C9H15ClN2S. The highest BCUT2D eigenvalue weighted by molar-refractivity contribution is 7.98. The molecule has 0 saturated heterocycles. The maximum absolute atomic E-state index is 5.59. The molecule has 0 radical (unpaired) electrons. The predicted molar refractivity (Wildman–Crippen MR) is 59.4 cm³/mol. The molecule has 0 aromatic carbocycles. The maximum Gasteiger partial charge on any atom is 0.0596 e. The van der Waals surface area contributed by atoms with Gasteiger partial charge in [0, 0.05) is 24.4 Å². The van der Waals surface area contributed by atoms with Crippen LogP contribution in [0.15, 0.2) is 6.07 Å². The van der Waals surface area contributed by atoms with Crippen LogP contribution in [0, 0.1) is 6.92 Å². The Morgan fingerprint density at radius 1 is 1.62 bits per heavy atom. The molecule has 0 unspecified atom stereocenters. The van der Waals surface area contributed by atoms with Crippen LogP contribution in [-0.4, -0.2) is 21.4 Å². The molecule has 1 rings (SSSR count). The third-order valence-electron chi connectivity index (χ3n) is 1.77. The fourth-order valence-corrected chi connectivity index (χ4v) is 2.40. The van der Waals surface area contributed by atoms with Gasteiger partial charge in [-0.05, 0) is 25.2 Å². The minimum atomic E-state index is 0.761. The standard InChI is InChI=1S/C9H15ClN2S/c1-8-6-9(12(2)11-8)7-13-5-3-4-10/h6H,3-5,7H2,1-2H3. The third-order valence-corrected chi connectivity index (χ3v) is 3.12. The van der Waals surface area contributed by atoms with Crippen LogP contribution in [0.1, 0.15) is 17.8 Å². The summed E-state index contributed by atoms with van der Waals surface area (Å²) in [6.45, 7) is 2.02. The van der Waals surface area contributed by atoms with Gasteiger partial charge in [0.05, 0.1) is 5.69 Å². The molecule has 0 atom stereocenters. The Morgan fingerprint density at radius 3 is 2.92 bits per heavy atom. The molecule has 1 aromatic heterocycles. The summed E-state index contributed by atoms with van der Waals surface area (Å²) in [6.07, 6.45) is 1.09. The second-order valence-corrected chi connectivity index (χ2v) is 4.48. The number of hydrogen-bond acceptors (Lipinski definition) is 2. The number of rotatable bonds is 5. The molecule has 0 aliphatic heterocycles. The van der Waals surface area contributed by atoms with Crippen LogP contribution in [0.5, 0.6) is 0 Å². The smallest absolute Gasteiger partial charge is 0.0596 e. The van der Waals surface area contributed by atoms with E-state index in [1.807, 2.05) is 30.4 Å². The highest BCUT2D eigenvalue weighted by Gasteiger charge is 2.00. The Kier molecular flexibility index (Phi) is 4.67. The summed E-state index contributed by atoms with van der Waals surface area (Å²) in [5, 5.41) is 4.29. The van der Waals surface area contributed by atoms with E-state index in [0.29, 0.717) is 0 Å². The number of aryl methyl sites for hydroxylation is 2. The molecule has 0 aliphatic rings. The zero-order chi connectivity index (χ0) is 9.68. The lowest BCUT2D eigenvalue weighted by atomic mass is 10.4. The van der Waals surface area contributed by atoms with Crippen molar-refractivity contribution in [2.45, 2.75) is 19.1 Å². The van der Waals surface area contributed by atoms with Crippen LogP contribution in [-0.2, 0) is 12.8 Å². The Hall–Kier alpha value is -0.150. The van der Waals surface area contributed by atoms with Gasteiger partial charge < -0.3 is 0 Å². The first kappa shape index (κ1) is 10.9. The topological polar surface area (TPSA) is 17.8 Å². The second-order valence-electron chi connectivity index (χ2n) is 3.00. The van der Waals surface area contributed by atoms with E-state index in [2.05, 4.69) is 11.2 Å². The monoisotopic (exact) mass is 218 g/mol. The largest absolute Gasteiger partial charge is 0.272 e. The SMILES string of the molecule is Cc1cc(CSCCCCl)n(C)n1. The lowest BCUT2D eigenvalue weighted by Gasteiger charge is -2.00. The van der Waals surface area contributed by atoms with Crippen LogP contribution >= 0.6 is 23.4 Å². The van der Waals surface area contributed by atoms with Gasteiger partial charge in [0.25, 0.3) is 0 Å². The molecule has 0 bridgehead atoms. The Morgan fingerprint density at radius 2 is 2.38 bits per heavy atom. The van der Waals surface area contributed by atoms with E-state index in [1.54, 1.807) is 0 Å². The normalized spacial score (nSPS) is 10.7. The zero-order valence-corrected chi connectivity index (χ0v) is 9.66. The van der Waals surface area contributed by atoms with E-state index in [1.165, 1.54) is 5.69 Å². The quantitative estimate of drug-likeness (QED) is 0.559. The average Bonchev–Trinajstić information content (AvgIpc) is 2.39. The van der Waals surface area contributed by atoms with Gasteiger partial charge in [0.2, 0.25) is 0 Å². The van der Waals surface area contributed by atoms with Gasteiger partial charge >= 0.3 is 0 Å². The molecular weight excluding hydrogens is 204 g/mol. The maximum atomic E-state index is 5.59. The first-order valence-corrected chi connectivity index (χ1v) is 6.06. The molecule has 4 heteroatoms. The number of halogens is 1. The van der Waals surface area contributed by atoms with E-state index in [-0.39, 0.29) is 0 Å². The van der Waals surface area contributed by atoms with E-state index in [4.69, 9.17) is 11.6 Å². The van der Waals surface area contributed by atoms with Crippen molar-refractivity contribution in [3.8, 4) is 0 Å². The Bertz CT molecular complexity index is 260. The number of hydrogen-bond donors (Lipinski definition) is 0. The van der Waals surface area contributed by atoms with Gasteiger partial charge in [-0.1, -0.05) is 0 Å². The fraction of sp³-hybridized carbons (Fsp3) is 0.667. The molecule has 74 valence electrons. The van der Waals surface area contributed by atoms with Crippen LogP contribution < -0.4 is 0 Å². The van der Waals surface area contributed by atoms with E-state index >= 15 is 0 Å². The van der Waals surface area contributed by atoms with Crippen molar-refractivity contribution in [3.63, 3.8) is 0 Å². The summed E-state index contributed by atoms with van der Waals surface area (Å²) in [5.74, 6) is 2.93. The highest BCUT2D eigenvalue weighted by atomic mass is 35.5. The van der Waals surface area contributed by atoms with Gasteiger partial charge in [-0.15, -0.1) is 11.6 Å². The Balaban J connectivity index is 2.32. The first-order valence-electron chi connectivity index (χ1n) is 4.37. The van der Waals surface area contributed by atoms with E-state index in [9.17, 15) is 0 Å². The van der Waals surface area contributed by atoms with Crippen molar-refractivity contribution in [1.29, 1.82) is 0 Å². The van der Waals surface area contributed by atoms with Gasteiger partial charge in [-0.25, -0.2) is 0 Å². The number of alkyl halides is 1. The Labute approximate surface area is 88.7 Å². The van der Waals surface area contributed by atoms with Gasteiger partial charge in [-0.3, -0.25) is 4.68 Å². The molecule has 0 saturated carbocycles. The van der Waals surface area contributed by atoms with Crippen molar-refractivity contribution < 1.29 is 0 Å². The van der Waals surface area contributed by atoms with Crippen LogP contribution in [0.25, 0.3) is 0 Å². The zero-order valence-electron chi connectivity index (χ0n) is 8.09. The van der Waals surface area contributed by atoms with Crippen molar-refractivity contribution >= 4 is 23.4 Å². The number of thioether (sulfide) groups is 1. The average molecular weight is 219 g/mol. The first-order chi connectivity index (χ1) is 6.24. The minimum absolute atomic E-state index is 0.761. The summed E-state index contributed by atoms with van der Waals surface area (Å²) >= 11 is 7.50. The van der Waals surface area contributed by atoms with Crippen LogP contribution in [0.2, 0.25) is 0 Å². The summed E-state index contributed by atoms with van der Waals surface area (Å²) < 4.78 is 1.95. The minimum Gasteiger partial charge on any atom is -0.272 e. The number of aromatic nitrogens is 2. The molecule has 1 heterocycles. The van der Waals surface area contributed by atoms with Crippen molar-refractivity contribution in [1.82, 2.24) is 9.78 Å². The summed E-state index contributed by atoms with van der Waals surface area (Å²) in [6, 6.07) is 2.13. The summed E-state index contributed by atoms with van der Waals surface area (Å²) in [5.41, 5.74) is 2.38. The molecule has 0 N–H and O–H groups in total. The van der Waals surface area contributed by atoms with Crippen molar-refractivity contribution in [3.05, 3.63) is 17.5 Å². The van der Waals surface area contributed by atoms with Crippen molar-refractivity contribution in [2.75, 3.05) is 11.6 Å². The van der Waals surface area contributed by atoms with Crippen LogP contribution in [0.4, 0.5) is 0 Å². The van der Waals surface area contributed by atoms with Gasteiger partial charge in [0.1, 0.15) is 0 Å². The second kappa shape index (κ2) is 5.55. The van der Waals surface area contributed by atoms with Crippen molar-refractivity contribution in [2.24, 2.45) is 7.05 Å². The van der Waals surface area contributed by atoms with Gasteiger partial charge in [-0.2, -0.15) is 16.9 Å². The number of nitrogens with zero attached hydrogens (tertiary/aromatic N) is 2. The molecule has 1 aromatic rings. The summed E-state index contributed by atoms with van der Waals surface area (Å²) in [4.78, 5) is 0. The van der Waals surface area contributed by atoms with E-state index in [0.717, 1.165) is 29.5 Å². The molecule has 0 fully saturated rings. The van der Waals surface area contributed by atoms with Gasteiger partial charge in [0.15, 0.2) is 0 Å². The molecule has 0 spiro atoms. The molecule has 2 nitrogen and oxygen atoms in total. The predicted octanol–water partition coefficient (Wildman–Crippen LogP) is 2.59. The highest BCUT2D eigenvalue weighted by Crippen LogP contribution is 2.13. The van der Waals surface area contributed by atoms with Crippen LogP contribution in [0.3, 0.4) is 0 Å². The lowest BCUT2D eigenvalue weighted by Crippen LogP contribution is -1.96.